The summed E-state index contributed by atoms with van der Waals surface area (Å²) >= 11 is 0. The van der Waals surface area contributed by atoms with Crippen molar-refractivity contribution in [3.05, 3.63) is 0 Å². The molecule has 4 nitrogen and oxygen atoms in total. The first kappa shape index (κ1) is 17.2. The maximum atomic E-state index is 12.6. The molecule has 1 aliphatic carbocycles. The number of likely N-dealkylation sites (tertiary alicyclic amines) is 1. The number of hydrogen-bond donors (Lipinski definition) is 2. The predicted molar refractivity (Wildman–Crippen MR) is 94.4 cm³/mol. The van der Waals surface area contributed by atoms with Crippen molar-refractivity contribution in [2.45, 2.75) is 70.3 Å². The number of rotatable bonds is 4. The smallest absolute Gasteiger partial charge is 0.223 e. The third kappa shape index (κ3) is 4.27. The Balaban J connectivity index is 1.58. The Kier molecular flexibility index (Phi) is 5.97. The fourth-order valence-electron chi connectivity index (χ4n) is 4.78. The Hall–Kier alpha value is -0.610. The fourth-order valence-corrected chi connectivity index (χ4v) is 4.78. The summed E-state index contributed by atoms with van der Waals surface area (Å²) in [6, 6.07) is 0. The van der Waals surface area contributed by atoms with E-state index in [2.05, 4.69) is 22.5 Å². The van der Waals surface area contributed by atoms with Crippen LogP contribution in [0.2, 0.25) is 0 Å². The highest BCUT2D eigenvalue weighted by Crippen LogP contribution is 2.36. The van der Waals surface area contributed by atoms with Gasteiger partial charge in [0, 0.05) is 18.0 Å². The highest BCUT2D eigenvalue weighted by molar-refractivity contribution is 5.78. The molecular weight excluding hydrogens is 286 g/mol. The lowest BCUT2D eigenvalue weighted by Gasteiger charge is -2.49. The molecule has 0 unspecified atom stereocenters. The Morgan fingerprint density at radius 3 is 2.39 bits per heavy atom. The number of nitrogens with zero attached hydrogens (tertiary/aromatic N) is 1. The van der Waals surface area contributed by atoms with Gasteiger partial charge in [-0.2, -0.15) is 0 Å². The molecule has 0 aromatic rings. The van der Waals surface area contributed by atoms with E-state index in [1.54, 1.807) is 0 Å². The molecule has 3 fully saturated rings. The first-order valence-corrected chi connectivity index (χ1v) is 9.93. The average molecular weight is 322 g/mol. The van der Waals surface area contributed by atoms with Gasteiger partial charge in [-0.3, -0.25) is 9.69 Å². The van der Waals surface area contributed by atoms with Crippen molar-refractivity contribution in [2.24, 2.45) is 11.8 Å². The average Bonchev–Trinajstić information content (AvgIpc) is 2.62. The zero-order chi connectivity index (χ0) is 16.1. The molecule has 0 aromatic heterocycles. The van der Waals surface area contributed by atoms with Crippen LogP contribution in [-0.2, 0) is 4.79 Å². The highest BCUT2D eigenvalue weighted by atomic mass is 16.1. The topological polar surface area (TPSA) is 44.4 Å². The molecule has 3 rings (SSSR count). The molecule has 2 saturated heterocycles. The first-order chi connectivity index (χ1) is 11.2. The quantitative estimate of drug-likeness (QED) is 0.836. The Bertz CT molecular complexity index is 378. The maximum Gasteiger partial charge on any atom is 0.223 e. The molecule has 2 aliphatic heterocycles. The first-order valence-electron chi connectivity index (χ1n) is 9.93. The van der Waals surface area contributed by atoms with E-state index in [0.29, 0.717) is 5.91 Å². The number of carbonyl (C=O) groups is 1. The van der Waals surface area contributed by atoms with Crippen molar-refractivity contribution in [3.63, 3.8) is 0 Å². The van der Waals surface area contributed by atoms with Gasteiger partial charge < -0.3 is 10.6 Å². The molecule has 2 heterocycles. The van der Waals surface area contributed by atoms with Crippen LogP contribution in [0.25, 0.3) is 0 Å². The van der Waals surface area contributed by atoms with Crippen LogP contribution in [0.15, 0.2) is 0 Å². The van der Waals surface area contributed by atoms with Gasteiger partial charge in [-0.15, -0.1) is 0 Å². The standard InChI is InChI=1S/C19H35N3O/c1-16-7-13-22(14-8-16)19(9-3-2-4-10-19)15-21-18(23)17-5-11-20-12-6-17/h16-17,20H,2-15H2,1H3,(H,21,23). The zero-order valence-corrected chi connectivity index (χ0v) is 14.9. The van der Waals surface area contributed by atoms with E-state index in [1.165, 1.54) is 58.0 Å². The summed E-state index contributed by atoms with van der Waals surface area (Å²) in [5.41, 5.74) is 0.251. The largest absolute Gasteiger partial charge is 0.354 e. The summed E-state index contributed by atoms with van der Waals surface area (Å²) < 4.78 is 0. The van der Waals surface area contributed by atoms with Crippen LogP contribution in [-0.4, -0.2) is 49.1 Å². The third-order valence-corrected chi connectivity index (χ3v) is 6.54. The van der Waals surface area contributed by atoms with Gasteiger partial charge in [0.15, 0.2) is 0 Å². The van der Waals surface area contributed by atoms with Crippen LogP contribution >= 0.6 is 0 Å². The monoisotopic (exact) mass is 321 g/mol. The molecule has 0 atom stereocenters. The Labute approximate surface area is 141 Å². The van der Waals surface area contributed by atoms with Crippen molar-refractivity contribution < 1.29 is 4.79 Å². The molecule has 4 heteroatoms. The van der Waals surface area contributed by atoms with Crippen LogP contribution < -0.4 is 10.6 Å². The second kappa shape index (κ2) is 7.98. The molecule has 23 heavy (non-hydrogen) atoms. The van der Waals surface area contributed by atoms with E-state index < -0.39 is 0 Å². The molecule has 1 saturated carbocycles. The molecule has 0 aromatic carbocycles. The van der Waals surface area contributed by atoms with E-state index in [0.717, 1.165) is 38.4 Å². The molecule has 2 N–H and O–H groups in total. The van der Waals surface area contributed by atoms with Gasteiger partial charge in [-0.05, 0) is 70.6 Å². The lowest BCUT2D eigenvalue weighted by atomic mass is 9.78. The van der Waals surface area contributed by atoms with Gasteiger partial charge in [0.1, 0.15) is 0 Å². The SMILES string of the molecule is CC1CCN(C2(CNC(=O)C3CCNCC3)CCCCC2)CC1. The molecule has 3 aliphatic rings. The van der Waals surface area contributed by atoms with Crippen LogP contribution in [0.1, 0.15) is 64.7 Å². The molecular formula is C19H35N3O. The minimum absolute atomic E-state index is 0.235. The second-order valence-electron chi connectivity index (χ2n) is 8.20. The Morgan fingerprint density at radius 1 is 1.09 bits per heavy atom. The summed E-state index contributed by atoms with van der Waals surface area (Å²) in [5, 5.41) is 6.71. The van der Waals surface area contributed by atoms with E-state index in [-0.39, 0.29) is 11.5 Å². The maximum absolute atomic E-state index is 12.6. The molecule has 132 valence electrons. The van der Waals surface area contributed by atoms with E-state index >= 15 is 0 Å². The van der Waals surface area contributed by atoms with Crippen molar-refractivity contribution in [2.75, 3.05) is 32.7 Å². The predicted octanol–water partition coefficient (Wildman–Crippen LogP) is 2.54. The molecule has 0 bridgehead atoms. The third-order valence-electron chi connectivity index (χ3n) is 6.54. The van der Waals surface area contributed by atoms with Crippen molar-refractivity contribution in [1.29, 1.82) is 0 Å². The highest BCUT2D eigenvalue weighted by Gasteiger charge is 2.39. The van der Waals surface area contributed by atoms with E-state index in [1.807, 2.05) is 0 Å². The lowest BCUT2D eigenvalue weighted by Crippen LogP contribution is -2.59. The lowest BCUT2D eigenvalue weighted by molar-refractivity contribution is -0.126. The van der Waals surface area contributed by atoms with Gasteiger partial charge in [-0.25, -0.2) is 0 Å². The van der Waals surface area contributed by atoms with E-state index in [9.17, 15) is 4.79 Å². The van der Waals surface area contributed by atoms with Gasteiger partial charge in [0.2, 0.25) is 5.91 Å². The molecule has 1 amide bonds. The van der Waals surface area contributed by atoms with E-state index in [4.69, 9.17) is 0 Å². The summed E-state index contributed by atoms with van der Waals surface area (Å²) in [5.74, 6) is 1.41. The van der Waals surface area contributed by atoms with Gasteiger partial charge in [0.05, 0.1) is 0 Å². The molecule has 0 radical (unpaired) electrons. The van der Waals surface area contributed by atoms with Crippen LogP contribution in [0.5, 0.6) is 0 Å². The second-order valence-corrected chi connectivity index (χ2v) is 8.20. The van der Waals surface area contributed by atoms with Crippen LogP contribution in [0.4, 0.5) is 0 Å². The van der Waals surface area contributed by atoms with Crippen LogP contribution in [0, 0.1) is 11.8 Å². The zero-order valence-electron chi connectivity index (χ0n) is 14.9. The number of nitrogens with one attached hydrogen (secondary N) is 2. The minimum Gasteiger partial charge on any atom is -0.354 e. The summed E-state index contributed by atoms with van der Waals surface area (Å²) in [4.78, 5) is 15.3. The van der Waals surface area contributed by atoms with Crippen molar-refractivity contribution >= 4 is 5.91 Å². The fraction of sp³-hybridized carbons (Fsp3) is 0.947. The van der Waals surface area contributed by atoms with Gasteiger partial charge in [0.25, 0.3) is 0 Å². The Morgan fingerprint density at radius 2 is 1.74 bits per heavy atom. The van der Waals surface area contributed by atoms with Crippen molar-refractivity contribution in [3.8, 4) is 0 Å². The summed E-state index contributed by atoms with van der Waals surface area (Å²) in [6.45, 7) is 7.70. The summed E-state index contributed by atoms with van der Waals surface area (Å²) in [7, 11) is 0. The number of amides is 1. The van der Waals surface area contributed by atoms with Crippen molar-refractivity contribution in [1.82, 2.24) is 15.5 Å². The minimum atomic E-state index is 0.235. The normalized spacial score (nSPS) is 27.7. The number of hydrogen-bond acceptors (Lipinski definition) is 3. The van der Waals surface area contributed by atoms with Gasteiger partial charge >= 0.3 is 0 Å². The number of piperidine rings is 2. The van der Waals surface area contributed by atoms with Crippen LogP contribution in [0.3, 0.4) is 0 Å². The molecule has 0 spiro atoms. The van der Waals surface area contributed by atoms with Gasteiger partial charge in [-0.1, -0.05) is 26.2 Å². The number of carbonyl (C=O) groups excluding carboxylic acids is 1. The summed E-state index contributed by atoms with van der Waals surface area (Å²) in [6.07, 6.45) is 11.2.